The lowest BCUT2D eigenvalue weighted by molar-refractivity contribution is -0.356. The summed E-state index contributed by atoms with van der Waals surface area (Å²) >= 11 is 0. The number of ether oxygens (including phenoxy) is 5. The number of hydrogen-bond donors (Lipinski definition) is 10. The summed E-state index contributed by atoms with van der Waals surface area (Å²) in [6, 6.07) is -2.33. The Labute approximate surface area is 223 Å². The maximum Gasteiger partial charge on any atom is 0.217 e. The van der Waals surface area contributed by atoms with E-state index in [4.69, 9.17) is 23.7 Å². The quantitative estimate of drug-likeness (QED) is 0.123. The van der Waals surface area contributed by atoms with E-state index in [0.29, 0.717) is 0 Å². The maximum atomic E-state index is 12.0. The zero-order valence-corrected chi connectivity index (χ0v) is 21.3. The number of amides is 2. The van der Waals surface area contributed by atoms with Crippen LogP contribution in [-0.4, -0.2) is 165 Å². The van der Waals surface area contributed by atoms with Crippen molar-refractivity contribution in [3.63, 3.8) is 0 Å². The van der Waals surface area contributed by atoms with Crippen molar-refractivity contribution in [3.05, 3.63) is 0 Å². The molecule has 226 valence electrons. The molecule has 0 aromatic heterocycles. The minimum atomic E-state index is -1.83. The van der Waals surface area contributed by atoms with Gasteiger partial charge in [-0.15, -0.1) is 0 Å². The third-order valence-corrected chi connectivity index (χ3v) is 6.83. The standard InChI is InChI=1S/C22H38N2O15/c1-7(28)23-9-6-35-11(4-26)19(14(9)30)38-21-13(24-8(2)29)16(32)20(12(5-27)37-21)39-22-18(34)17(33)15(31)10(3-25)36-22/h9-22,25-27,30-34H,3-6H2,1-2H3,(H,23,28)(H,24,29)/t9-,10+,11+,12+,13+,14+,15+,16+,17-,18-,19+,20+,21-,22+/m0/s1. The van der Waals surface area contributed by atoms with E-state index in [1.165, 1.54) is 6.92 Å². The lowest BCUT2D eigenvalue weighted by Gasteiger charge is -2.49. The van der Waals surface area contributed by atoms with E-state index in [0.717, 1.165) is 6.92 Å². The Morgan fingerprint density at radius 1 is 0.692 bits per heavy atom. The van der Waals surface area contributed by atoms with Gasteiger partial charge in [0.25, 0.3) is 0 Å². The molecule has 2 amide bonds. The van der Waals surface area contributed by atoms with Crippen molar-refractivity contribution in [1.82, 2.24) is 10.6 Å². The van der Waals surface area contributed by atoms with Crippen LogP contribution in [0.1, 0.15) is 13.8 Å². The van der Waals surface area contributed by atoms with Crippen molar-refractivity contribution in [2.75, 3.05) is 26.4 Å². The van der Waals surface area contributed by atoms with Crippen LogP contribution >= 0.6 is 0 Å². The summed E-state index contributed by atoms with van der Waals surface area (Å²) in [7, 11) is 0. The number of carbonyl (C=O) groups excluding carboxylic acids is 2. The van der Waals surface area contributed by atoms with Crippen LogP contribution < -0.4 is 10.6 Å². The molecular formula is C22H38N2O15. The number of aliphatic hydroxyl groups excluding tert-OH is 8. The fourth-order valence-corrected chi connectivity index (χ4v) is 4.81. The monoisotopic (exact) mass is 570 g/mol. The molecule has 0 radical (unpaired) electrons. The van der Waals surface area contributed by atoms with Gasteiger partial charge in [-0.3, -0.25) is 9.59 Å². The Hall–Kier alpha value is -1.58. The van der Waals surface area contributed by atoms with E-state index < -0.39 is 117 Å². The average molecular weight is 571 g/mol. The molecule has 0 spiro atoms. The van der Waals surface area contributed by atoms with Crippen molar-refractivity contribution in [3.8, 4) is 0 Å². The van der Waals surface area contributed by atoms with E-state index in [-0.39, 0.29) is 6.61 Å². The predicted octanol–water partition coefficient (Wildman–Crippen LogP) is -6.60. The summed E-state index contributed by atoms with van der Waals surface area (Å²) in [5.41, 5.74) is 0. The van der Waals surface area contributed by atoms with Crippen molar-refractivity contribution < 1.29 is 74.1 Å². The lowest BCUT2D eigenvalue weighted by atomic mass is 9.94. The Kier molecular flexibility index (Phi) is 11.4. The fourth-order valence-electron chi connectivity index (χ4n) is 4.81. The highest BCUT2D eigenvalue weighted by Crippen LogP contribution is 2.31. The second-order valence-corrected chi connectivity index (χ2v) is 9.69. The van der Waals surface area contributed by atoms with Crippen LogP contribution in [-0.2, 0) is 33.3 Å². The highest BCUT2D eigenvalue weighted by Gasteiger charge is 2.53. The van der Waals surface area contributed by atoms with Gasteiger partial charge in [0.2, 0.25) is 11.8 Å². The first kappa shape index (κ1) is 31.9. The van der Waals surface area contributed by atoms with E-state index in [2.05, 4.69) is 10.6 Å². The van der Waals surface area contributed by atoms with Crippen LogP contribution in [0.3, 0.4) is 0 Å². The molecule has 0 bridgehead atoms. The maximum absolute atomic E-state index is 12.0. The second kappa shape index (κ2) is 13.9. The van der Waals surface area contributed by atoms with E-state index >= 15 is 0 Å². The smallest absolute Gasteiger partial charge is 0.217 e. The molecule has 3 fully saturated rings. The van der Waals surface area contributed by atoms with Crippen LogP contribution in [0.4, 0.5) is 0 Å². The van der Waals surface area contributed by atoms with Gasteiger partial charge < -0.3 is 75.2 Å². The van der Waals surface area contributed by atoms with Crippen LogP contribution in [0.2, 0.25) is 0 Å². The summed E-state index contributed by atoms with van der Waals surface area (Å²) in [4.78, 5) is 23.5. The summed E-state index contributed by atoms with van der Waals surface area (Å²) in [5, 5.41) is 86.5. The largest absolute Gasteiger partial charge is 0.394 e. The third-order valence-electron chi connectivity index (χ3n) is 6.83. The Morgan fingerprint density at radius 3 is 1.79 bits per heavy atom. The number of carbonyl (C=O) groups is 2. The van der Waals surface area contributed by atoms with Crippen LogP contribution in [0, 0.1) is 0 Å². The SMILES string of the molecule is CC(=O)N[C@H]1[C@H](O[C@H]2[C@H](O)[C@@H](NC(C)=O)CO[C@@H]2CO)O[C@H](CO)[C@@H](O[C@H]2O[C@H](CO)[C@@H](O)[C@H](O)[C@@H]2O)[C@@H]1O. The minimum absolute atomic E-state index is 0.136. The molecule has 17 heteroatoms. The molecule has 3 aliphatic heterocycles. The molecule has 0 saturated carbocycles. The van der Waals surface area contributed by atoms with Gasteiger partial charge >= 0.3 is 0 Å². The second-order valence-electron chi connectivity index (χ2n) is 9.69. The molecule has 0 aromatic carbocycles. The zero-order valence-electron chi connectivity index (χ0n) is 21.3. The van der Waals surface area contributed by atoms with E-state index in [1.54, 1.807) is 0 Å². The van der Waals surface area contributed by atoms with Crippen molar-refractivity contribution >= 4 is 11.8 Å². The van der Waals surface area contributed by atoms with Crippen molar-refractivity contribution in [2.24, 2.45) is 0 Å². The molecule has 0 unspecified atom stereocenters. The van der Waals surface area contributed by atoms with Gasteiger partial charge in [-0.25, -0.2) is 0 Å². The topological polar surface area (TPSA) is 266 Å². The summed E-state index contributed by atoms with van der Waals surface area (Å²) in [5.74, 6) is -1.10. The van der Waals surface area contributed by atoms with Crippen molar-refractivity contribution in [2.45, 2.75) is 99.6 Å². The van der Waals surface area contributed by atoms with Gasteiger partial charge in [-0.2, -0.15) is 0 Å². The molecule has 3 aliphatic rings. The van der Waals surface area contributed by atoms with Gasteiger partial charge in [0.15, 0.2) is 12.6 Å². The summed E-state index contributed by atoms with van der Waals surface area (Å²) in [6.45, 7) is 0.115. The average Bonchev–Trinajstić information content (AvgIpc) is 2.89. The molecule has 3 heterocycles. The van der Waals surface area contributed by atoms with Crippen LogP contribution in [0.5, 0.6) is 0 Å². The molecule has 17 nitrogen and oxygen atoms in total. The number of nitrogens with one attached hydrogen (secondary N) is 2. The minimum Gasteiger partial charge on any atom is -0.394 e. The van der Waals surface area contributed by atoms with E-state index in [1.807, 2.05) is 0 Å². The Balaban J connectivity index is 1.83. The summed E-state index contributed by atoms with van der Waals surface area (Å²) in [6.07, 6.45) is -18.3. The lowest BCUT2D eigenvalue weighted by Crippen LogP contribution is -2.69. The number of aliphatic hydroxyl groups is 8. The van der Waals surface area contributed by atoms with Gasteiger partial charge in [-0.1, -0.05) is 0 Å². The predicted molar refractivity (Wildman–Crippen MR) is 123 cm³/mol. The zero-order chi connectivity index (χ0) is 29.0. The van der Waals surface area contributed by atoms with Crippen molar-refractivity contribution in [1.29, 1.82) is 0 Å². The first-order valence-corrected chi connectivity index (χ1v) is 12.4. The molecule has 3 saturated heterocycles. The molecule has 0 aromatic rings. The van der Waals surface area contributed by atoms with Gasteiger partial charge in [-0.05, 0) is 0 Å². The van der Waals surface area contributed by atoms with Gasteiger partial charge in [0, 0.05) is 13.8 Å². The van der Waals surface area contributed by atoms with E-state index in [9.17, 15) is 50.4 Å². The molecule has 39 heavy (non-hydrogen) atoms. The van der Waals surface area contributed by atoms with Crippen LogP contribution in [0.25, 0.3) is 0 Å². The van der Waals surface area contributed by atoms with Crippen LogP contribution in [0.15, 0.2) is 0 Å². The highest BCUT2D eigenvalue weighted by atomic mass is 16.7. The summed E-state index contributed by atoms with van der Waals surface area (Å²) < 4.78 is 28.1. The molecular weight excluding hydrogens is 532 g/mol. The fraction of sp³-hybridized carbons (Fsp3) is 0.909. The Morgan fingerprint density at radius 2 is 1.23 bits per heavy atom. The number of rotatable bonds is 9. The number of hydrogen-bond acceptors (Lipinski definition) is 15. The Bertz CT molecular complexity index is 820. The molecule has 10 N–H and O–H groups in total. The molecule has 0 aliphatic carbocycles. The normalized spacial score (nSPS) is 45.0. The van der Waals surface area contributed by atoms with Gasteiger partial charge in [0.1, 0.15) is 67.1 Å². The molecule has 3 rings (SSSR count). The first-order valence-electron chi connectivity index (χ1n) is 12.4. The first-order chi connectivity index (χ1) is 18.4. The third kappa shape index (κ3) is 7.20. The van der Waals surface area contributed by atoms with Gasteiger partial charge in [0.05, 0.1) is 32.5 Å². The highest BCUT2D eigenvalue weighted by molar-refractivity contribution is 5.73. The molecule has 14 atom stereocenters.